The van der Waals surface area contributed by atoms with E-state index in [-0.39, 0.29) is 5.97 Å². The number of nitrogens with one attached hydrogen (secondary N) is 1. The standard InChI is InChI=1S/C15H18N2O2S2/c1-3-19-13(18)15(16-2,12-7-5-4-6-8-12)11-21-14-17-9-10-20-14/h4-10,16H,3,11H2,1-2H3. The van der Waals surface area contributed by atoms with E-state index in [0.717, 1.165) is 9.90 Å². The molecule has 21 heavy (non-hydrogen) atoms. The van der Waals surface area contributed by atoms with Gasteiger partial charge in [-0.15, -0.1) is 11.3 Å². The molecular weight excluding hydrogens is 304 g/mol. The van der Waals surface area contributed by atoms with Crippen LogP contribution < -0.4 is 5.32 Å². The van der Waals surface area contributed by atoms with Gasteiger partial charge in [0.2, 0.25) is 0 Å². The van der Waals surface area contributed by atoms with Crippen LogP contribution in [0.4, 0.5) is 0 Å². The second-order valence-corrected chi connectivity index (χ2v) is 6.45. The van der Waals surface area contributed by atoms with Gasteiger partial charge in [-0.2, -0.15) is 0 Å². The number of carbonyl (C=O) groups excluding carboxylic acids is 1. The van der Waals surface area contributed by atoms with E-state index in [2.05, 4.69) is 10.3 Å². The van der Waals surface area contributed by atoms with E-state index < -0.39 is 5.54 Å². The highest BCUT2D eigenvalue weighted by atomic mass is 32.2. The minimum Gasteiger partial charge on any atom is -0.464 e. The first-order chi connectivity index (χ1) is 10.2. The third kappa shape index (κ3) is 3.64. The second kappa shape index (κ2) is 7.59. The van der Waals surface area contributed by atoms with Crippen LogP contribution in [0, 0.1) is 0 Å². The van der Waals surface area contributed by atoms with Gasteiger partial charge in [-0.1, -0.05) is 42.1 Å². The van der Waals surface area contributed by atoms with E-state index >= 15 is 0 Å². The van der Waals surface area contributed by atoms with Crippen molar-refractivity contribution in [3.63, 3.8) is 0 Å². The summed E-state index contributed by atoms with van der Waals surface area (Å²) in [6, 6.07) is 9.66. The molecule has 1 N–H and O–H groups in total. The van der Waals surface area contributed by atoms with E-state index in [0.29, 0.717) is 12.4 Å². The van der Waals surface area contributed by atoms with Gasteiger partial charge < -0.3 is 10.1 Å². The summed E-state index contributed by atoms with van der Waals surface area (Å²) in [7, 11) is 1.78. The number of rotatable bonds is 7. The van der Waals surface area contributed by atoms with Crippen LogP contribution in [0.2, 0.25) is 0 Å². The number of hydrogen-bond donors (Lipinski definition) is 1. The van der Waals surface area contributed by atoms with Crippen LogP contribution in [-0.4, -0.2) is 30.4 Å². The lowest BCUT2D eigenvalue weighted by atomic mass is 9.92. The molecule has 0 amide bonds. The van der Waals surface area contributed by atoms with Gasteiger partial charge in [-0.25, -0.2) is 9.78 Å². The monoisotopic (exact) mass is 322 g/mol. The van der Waals surface area contributed by atoms with Gasteiger partial charge >= 0.3 is 5.97 Å². The summed E-state index contributed by atoms with van der Waals surface area (Å²) in [6.45, 7) is 2.17. The Kier molecular flexibility index (Phi) is 5.78. The molecule has 0 aliphatic carbocycles. The van der Waals surface area contributed by atoms with Gasteiger partial charge in [-0.05, 0) is 19.5 Å². The van der Waals surface area contributed by atoms with Gasteiger partial charge in [-0.3, -0.25) is 0 Å². The van der Waals surface area contributed by atoms with Crippen molar-refractivity contribution >= 4 is 29.1 Å². The number of thioether (sulfide) groups is 1. The molecule has 2 aromatic rings. The molecule has 1 aromatic heterocycles. The van der Waals surface area contributed by atoms with Gasteiger partial charge in [0.25, 0.3) is 0 Å². The zero-order valence-corrected chi connectivity index (χ0v) is 13.7. The maximum absolute atomic E-state index is 12.5. The molecular formula is C15H18N2O2S2. The number of thiazole rings is 1. The topological polar surface area (TPSA) is 51.2 Å². The molecule has 0 aliphatic rings. The maximum Gasteiger partial charge on any atom is 0.331 e. The normalized spacial score (nSPS) is 13.6. The third-order valence-corrected chi connectivity index (χ3v) is 5.28. The molecule has 0 saturated heterocycles. The number of likely N-dealkylation sites (N-methyl/N-ethyl adjacent to an activating group) is 1. The fraction of sp³-hybridized carbons (Fsp3) is 0.333. The van der Waals surface area contributed by atoms with E-state index in [9.17, 15) is 4.79 Å². The number of benzene rings is 1. The van der Waals surface area contributed by atoms with Crippen LogP contribution in [0.3, 0.4) is 0 Å². The van der Waals surface area contributed by atoms with Gasteiger partial charge in [0.05, 0.1) is 6.61 Å². The smallest absolute Gasteiger partial charge is 0.331 e. The van der Waals surface area contributed by atoms with Gasteiger partial charge in [0, 0.05) is 17.3 Å². The highest BCUT2D eigenvalue weighted by Crippen LogP contribution is 2.31. The molecule has 0 aliphatic heterocycles. The number of hydrogen-bond acceptors (Lipinski definition) is 6. The highest BCUT2D eigenvalue weighted by Gasteiger charge is 2.40. The average molecular weight is 322 g/mol. The number of ether oxygens (including phenoxy) is 1. The van der Waals surface area contributed by atoms with Crippen LogP contribution in [0.15, 0.2) is 46.2 Å². The predicted octanol–water partition coefficient (Wildman–Crippen LogP) is 2.91. The van der Waals surface area contributed by atoms with Crippen LogP contribution >= 0.6 is 23.1 Å². The van der Waals surface area contributed by atoms with Crippen LogP contribution in [-0.2, 0) is 15.1 Å². The molecule has 1 unspecified atom stereocenters. The number of carbonyl (C=O) groups is 1. The van der Waals surface area contributed by atoms with E-state index in [1.165, 1.54) is 0 Å². The van der Waals surface area contributed by atoms with Crippen molar-refractivity contribution < 1.29 is 9.53 Å². The Morgan fingerprint density at radius 3 is 2.76 bits per heavy atom. The summed E-state index contributed by atoms with van der Waals surface area (Å²) >= 11 is 3.12. The van der Waals surface area contributed by atoms with Gasteiger partial charge in [0.1, 0.15) is 4.34 Å². The summed E-state index contributed by atoms with van der Waals surface area (Å²) in [5, 5.41) is 5.09. The molecule has 0 spiro atoms. The number of nitrogens with zero attached hydrogens (tertiary/aromatic N) is 1. The quantitative estimate of drug-likeness (QED) is 0.627. The van der Waals surface area contributed by atoms with E-state index in [4.69, 9.17) is 4.74 Å². The van der Waals surface area contributed by atoms with Crippen molar-refractivity contribution in [2.24, 2.45) is 0 Å². The van der Waals surface area contributed by atoms with Crippen LogP contribution in [0.5, 0.6) is 0 Å². The first-order valence-corrected chi connectivity index (χ1v) is 8.53. The Labute approximate surface area is 132 Å². The molecule has 1 heterocycles. The maximum atomic E-state index is 12.5. The predicted molar refractivity (Wildman–Crippen MR) is 86.7 cm³/mol. The summed E-state index contributed by atoms with van der Waals surface area (Å²) < 4.78 is 6.23. The van der Waals surface area contributed by atoms with Crippen molar-refractivity contribution in [2.45, 2.75) is 16.8 Å². The van der Waals surface area contributed by atoms with Crippen molar-refractivity contribution in [2.75, 3.05) is 19.4 Å². The van der Waals surface area contributed by atoms with Crippen LogP contribution in [0.1, 0.15) is 12.5 Å². The molecule has 2 rings (SSSR count). The van der Waals surface area contributed by atoms with Crippen molar-refractivity contribution in [3.8, 4) is 0 Å². The molecule has 0 fully saturated rings. The lowest BCUT2D eigenvalue weighted by Gasteiger charge is -2.31. The lowest BCUT2D eigenvalue weighted by molar-refractivity contribution is -0.150. The zero-order chi connectivity index (χ0) is 15.1. The first kappa shape index (κ1) is 16.0. The number of esters is 1. The Morgan fingerprint density at radius 2 is 2.19 bits per heavy atom. The minimum absolute atomic E-state index is 0.261. The highest BCUT2D eigenvalue weighted by molar-refractivity contribution is 8.01. The summed E-state index contributed by atoms with van der Waals surface area (Å²) in [6.07, 6.45) is 1.76. The van der Waals surface area contributed by atoms with Gasteiger partial charge in [0.15, 0.2) is 5.54 Å². The van der Waals surface area contributed by atoms with E-state index in [1.807, 2.05) is 42.6 Å². The SMILES string of the molecule is CCOC(=O)C(CSc1nccs1)(NC)c1ccccc1. The fourth-order valence-corrected chi connectivity index (χ4v) is 3.89. The Morgan fingerprint density at radius 1 is 1.43 bits per heavy atom. The summed E-state index contributed by atoms with van der Waals surface area (Å²) in [5.74, 6) is 0.266. The van der Waals surface area contributed by atoms with Crippen LogP contribution in [0.25, 0.3) is 0 Å². The second-order valence-electron chi connectivity index (χ2n) is 4.33. The minimum atomic E-state index is -0.867. The largest absolute Gasteiger partial charge is 0.464 e. The Balaban J connectivity index is 2.29. The Bertz CT molecular complexity index is 560. The molecule has 112 valence electrons. The number of aromatic nitrogens is 1. The molecule has 4 nitrogen and oxygen atoms in total. The first-order valence-electron chi connectivity index (χ1n) is 6.67. The summed E-state index contributed by atoms with van der Waals surface area (Å²) in [5.41, 5.74) is 0.0307. The molecule has 6 heteroatoms. The van der Waals surface area contributed by atoms with Crippen molar-refractivity contribution in [3.05, 3.63) is 47.5 Å². The molecule has 0 bridgehead atoms. The average Bonchev–Trinajstić information content (AvgIpc) is 3.03. The molecule has 1 aromatic carbocycles. The molecule has 0 saturated carbocycles. The lowest BCUT2D eigenvalue weighted by Crippen LogP contribution is -2.50. The van der Waals surface area contributed by atoms with Crippen molar-refractivity contribution in [1.82, 2.24) is 10.3 Å². The molecule has 1 atom stereocenters. The Hall–Kier alpha value is -1.37. The fourth-order valence-electron chi connectivity index (χ4n) is 2.01. The third-order valence-electron chi connectivity index (χ3n) is 3.14. The van der Waals surface area contributed by atoms with Crippen molar-refractivity contribution in [1.29, 1.82) is 0 Å². The molecule has 0 radical (unpaired) electrons. The summed E-state index contributed by atoms with van der Waals surface area (Å²) in [4.78, 5) is 16.8. The zero-order valence-electron chi connectivity index (χ0n) is 12.0. The van der Waals surface area contributed by atoms with E-state index in [1.54, 1.807) is 36.3 Å².